The quantitative estimate of drug-likeness (QED) is 0.696. The summed E-state index contributed by atoms with van der Waals surface area (Å²) >= 11 is 1.54. The summed E-state index contributed by atoms with van der Waals surface area (Å²) in [5.74, 6) is -0.210. The van der Waals surface area contributed by atoms with Gasteiger partial charge in [-0.15, -0.1) is 0 Å². The Morgan fingerprint density at radius 2 is 2.00 bits per heavy atom. The molecule has 0 fully saturated rings. The highest BCUT2D eigenvalue weighted by atomic mass is 32.2. The van der Waals surface area contributed by atoms with Crippen LogP contribution in [0.4, 0.5) is 0 Å². The molecule has 0 amide bonds. The van der Waals surface area contributed by atoms with Gasteiger partial charge in [0.25, 0.3) is 0 Å². The van der Waals surface area contributed by atoms with Gasteiger partial charge in [0.1, 0.15) is 0 Å². The number of rotatable bonds is 2. The minimum absolute atomic E-state index is 0.162. The highest BCUT2D eigenvalue weighted by Crippen LogP contribution is 2.29. The number of esters is 1. The minimum Gasteiger partial charge on any atom is -0.443 e. The van der Waals surface area contributed by atoms with Crippen LogP contribution in [0.2, 0.25) is 0 Å². The number of hydrogen-bond donors (Lipinski definition) is 0. The monoisotopic (exact) mass is 206 g/mol. The second-order valence-corrected chi connectivity index (χ2v) is 4.23. The van der Waals surface area contributed by atoms with Gasteiger partial charge in [-0.25, -0.2) is 4.79 Å². The summed E-state index contributed by atoms with van der Waals surface area (Å²) in [6, 6.07) is 9.90. The van der Waals surface area contributed by atoms with E-state index < -0.39 is 0 Å². The summed E-state index contributed by atoms with van der Waals surface area (Å²) in [5, 5.41) is 0. The largest absolute Gasteiger partial charge is 0.443 e. The van der Waals surface area contributed by atoms with E-state index >= 15 is 0 Å². The first kappa shape index (κ1) is 9.34. The fraction of sp³-hybridized carbons (Fsp3) is 0.182. The van der Waals surface area contributed by atoms with Crippen LogP contribution in [0, 0.1) is 0 Å². The average Bonchev–Trinajstić information content (AvgIpc) is 2.47. The Labute approximate surface area is 87.0 Å². The molecule has 1 heterocycles. The summed E-state index contributed by atoms with van der Waals surface area (Å²) in [7, 11) is 0. The van der Waals surface area contributed by atoms with Crippen molar-refractivity contribution in [3.8, 4) is 0 Å². The molecule has 1 atom stereocenters. The van der Waals surface area contributed by atoms with Crippen LogP contribution in [0.25, 0.3) is 0 Å². The number of carbonyl (C=O) groups excluding carboxylic acids is 1. The van der Waals surface area contributed by atoms with E-state index in [0.717, 1.165) is 4.90 Å². The fourth-order valence-electron chi connectivity index (χ4n) is 1.20. The number of ether oxygens (including phenoxy) is 1. The topological polar surface area (TPSA) is 26.3 Å². The molecule has 2 nitrogen and oxygen atoms in total. The predicted octanol–water partition coefficient (Wildman–Crippen LogP) is 2.61. The number of benzene rings is 1. The Hall–Kier alpha value is -1.22. The third kappa shape index (κ3) is 1.99. The summed E-state index contributed by atoms with van der Waals surface area (Å²) in [4.78, 5) is 12.2. The van der Waals surface area contributed by atoms with Gasteiger partial charge >= 0.3 is 5.97 Å². The van der Waals surface area contributed by atoms with E-state index in [1.807, 2.05) is 36.4 Å². The smallest absolute Gasteiger partial charge is 0.335 e. The van der Waals surface area contributed by atoms with Crippen molar-refractivity contribution in [3.63, 3.8) is 0 Å². The molecule has 1 aromatic rings. The van der Waals surface area contributed by atoms with E-state index in [1.54, 1.807) is 6.92 Å². The molecule has 1 unspecified atom stereocenters. The molecule has 1 aliphatic rings. The lowest BCUT2D eigenvalue weighted by atomic mass is 10.3. The molecule has 1 aliphatic heterocycles. The molecular formula is C11H10O2S. The van der Waals surface area contributed by atoms with E-state index in [4.69, 9.17) is 4.74 Å². The SMILES string of the molecule is CC1=CC(Sc2ccccc2)OC1=O. The average molecular weight is 206 g/mol. The van der Waals surface area contributed by atoms with Crippen molar-refractivity contribution in [2.24, 2.45) is 0 Å². The van der Waals surface area contributed by atoms with Crippen molar-refractivity contribution in [3.05, 3.63) is 42.0 Å². The molecule has 2 rings (SSSR count). The lowest BCUT2D eigenvalue weighted by Gasteiger charge is -2.06. The number of cyclic esters (lactones) is 1. The summed E-state index contributed by atoms with van der Waals surface area (Å²) in [6.45, 7) is 1.77. The lowest BCUT2D eigenvalue weighted by Crippen LogP contribution is -2.03. The maximum absolute atomic E-state index is 11.1. The zero-order valence-electron chi connectivity index (χ0n) is 7.77. The second-order valence-electron chi connectivity index (χ2n) is 3.05. The zero-order chi connectivity index (χ0) is 9.97. The molecule has 72 valence electrons. The molecule has 0 radical (unpaired) electrons. The number of carbonyl (C=O) groups is 1. The number of hydrogen-bond acceptors (Lipinski definition) is 3. The van der Waals surface area contributed by atoms with Gasteiger partial charge in [-0.1, -0.05) is 30.0 Å². The van der Waals surface area contributed by atoms with E-state index in [2.05, 4.69) is 0 Å². The predicted molar refractivity (Wildman–Crippen MR) is 55.9 cm³/mol. The van der Waals surface area contributed by atoms with E-state index in [-0.39, 0.29) is 11.4 Å². The number of thioether (sulfide) groups is 1. The summed E-state index contributed by atoms with van der Waals surface area (Å²) < 4.78 is 5.11. The first-order valence-electron chi connectivity index (χ1n) is 4.37. The van der Waals surface area contributed by atoms with Gasteiger partial charge in [-0.05, 0) is 25.1 Å². The standard InChI is InChI=1S/C11H10O2S/c1-8-7-10(13-11(8)12)14-9-5-3-2-4-6-9/h2-7,10H,1H3. The van der Waals surface area contributed by atoms with Crippen molar-refractivity contribution in [1.82, 2.24) is 0 Å². The Morgan fingerprint density at radius 1 is 1.29 bits per heavy atom. The maximum Gasteiger partial charge on any atom is 0.335 e. The summed E-state index contributed by atoms with van der Waals surface area (Å²) in [6.07, 6.45) is 1.85. The van der Waals surface area contributed by atoms with E-state index in [1.165, 1.54) is 11.8 Å². The zero-order valence-corrected chi connectivity index (χ0v) is 8.58. The van der Waals surface area contributed by atoms with Crippen LogP contribution in [-0.2, 0) is 9.53 Å². The first-order chi connectivity index (χ1) is 6.75. The third-order valence-electron chi connectivity index (χ3n) is 1.93. The molecule has 0 spiro atoms. The normalized spacial score (nSPS) is 20.5. The minimum atomic E-state index is -0.210. The van der Waals surface area contributed by atoms with Crippen molar-refractivity contribution in [2.75, 3.05) is 0 Å². The molecular weight excluding hydrogens is 196 g/mol. The van der Waals surface area contributed by atoms with E-state index in [9.17, 15) is 4.79 Å². The maximum atomic E-state index is 11.1. The summed E-state index contributed by atoms with van der Waals surface area (Å²) in [5.41, 5.74) is 0.531. The van der Waals surface area contributed by atoms with Gasteiger partial charge in [0.15, 0.2) is 5.44 Å². The molecule has 0 saturated carbocycles. The Balaban J connectivity index is 2.04. The van der Waals surface area contributed by atoms with Crippen LogP contribution < -0.4 is 0 Å². The van der Waals surface area contributed by atoms with Crippen molar-refractivity contribution < 1.29 is 9.53 Å². The highest BCUT2D eigenvalue weighted by molar-refractivity contribution is 8.00. The first-order valence-corrected chi connectivity index (χ1v) is 5.25. The van der Waals surface area contributed by atoms with Gasteiger partial charge in [-0.3, -0.25) is 0 Å². The second kappa shape index (κ2) is 3.88. The van der Waals surface area contributed by atoms with Crippen LogP contribution in [0.1, 0.15) is 6.92 Å². The van der Waals surface area contributed by atoms with Gasteiger partial charge in [-0.2, -0.15) is 0 Å². The van der Waals surface area contributed by atoms with Crippen molar-refractivity contribution >= 4 is 17.7 Å². The molecule has 0 aromatic heterocycles. The molecule has 0 aliphatic carbocycles. The highest BCUT2D eigenvalue weighted by Gasteiger charge is 2.22. The van der Waals surface area contributed by atoms with Gasteiger partial charge in [0, 0.05) is 10.5 Å². The molecule has 1 aromatic carbocycles. The van der Waals surface area contributed by atoms with E-state index in [0.29, 0.717) is 5.57 Å². The molecule has 3 heteroatoms. The van der Waals surface area contributed by atoms with Crippen LogP contribution in [0.15, 0.2) is 46.9 Å². The van der Waals surface area contributed by atoms with Gasteiger partial charge < -0.3 is 4.74 Å². The molecule has 0 N–H and O–H groups in total. The molecule has 0 bridgehead atoms. The third-order valence-corrected chi connectivity index (χ3v) is 2.94. The van der Waals surface area contributed by atoms with Crippen molar-refractivity contribution in [1.29, 1.82) is 0 Å². The van der Waals surface area contributed by atoms with Crippen LogP contribution >= 0.6 is 11.8 Å². The van der Waals surface area contributed by atoms with Crippen LogP contribution in [0.3, 0.4) is 0 Å². The fourth-order valence-corrected chi connectivity index (χ4v) is 2.19. The van der Waals surface area contributed by atoms with Gasteiger partial charge in [0.2, 0.25) is 0 Å². The van der Waals surface area contributed by atoms with Crippen LogP contribution in [0.5, 0.6) is 0 Å². The van der Waals surface area contributed by atoms with Crippen molar-refractivity contribution in [2.45, 2.75) is 17.3 Å². The molecule has 0 saturated heterocycles. The van der Waals surface area contributed by atoms with Gasteiger partial charge in [0.05, 0.1) is 0 Å². The lowest BCUT2D eigenvalue weighted by molar-refractivity contribution is -0.136. The van der Waals surface area contributed by atoms with Crippen LogP contribution in [-0.4, -0.2) is 11.4 Å². The molecule has 14 heavy (non-hydrogen) atoms. The Bertz CT molecular complexity index is 370. The Kier molecular flexibility index (Phi) is 2.59. The Morgan fingerprint density at radius 3 is 2.57 bits per heavy atom.